The van der Waals surface area contributed by atoms with Gasteiger partial charge in [0.15, 0.2) is 0 Å². The zero-order valence-electron chi connectivity index (χ0n) is 16.6. The first kappa shape index (κ1) is 23.2. The van der Waals surface area contributed by atoms with E-state index in [2.05, 4.69) is 0 Å². The number of nitrogens with one attached hydrogen (secondary N) is 1. The van der Waals surface area contributed by atoms with Gasteiger partial charge in [-0.3, -0.25) is 9.78 Å². The van der Waals surface area contributed by atoms with E-state index in [1.807, 2.05) is 4.98 Å². The Bertz CT molecular complexity index is 1040. The molecule has 1 fully saturated rings. The molecule has 11 nitrogen and oxygen atoms in total. The van der Waals surface area contributed by atoms with Crippen LogP contribution in [0.5, 0.6) is 0 Å². The molecular formula is C19H24FN3O8. The maximum atomic E-state index is 15.3. The molecule has 1 aromatic carbocycles. The Morgan fingerprint density at radius 1 is 1.23 bits per heavy atom. The molecule has 4 atom stereocenters. The molecule has 1 aromatic heterocycles. The predicted octanol–water partition coefficient (Wildman–Crippen LogP) is -1.63. The number of H-pyrrole nitrogens is 1. The summed E-state index contributed by atoms with van der Waals surface area (Å²) in [5, 5.41) is 52.5. The molecule has 31 heavy (non-hydrogen) atoms. The van der Waals surface area contributed by atoms with Gasteiger partial charge in [-0.05, 0) is 18.4 Å². The van der Waals surface area contributed by atoms with Crippen LogP contribution in [0.1, 0.15) is 18.1 Å². The average molecular weight is 441 g/mol. The Hall–Kier alpha value is -2.45. The molecule has 2 heterocycles. The highest BCUT2D eigenvalue weighted by atomic mass is 19.2. The number of nitrogens with zero attached hydrogens (tertiary/aromatic N) is 2. The molecule has 2 aromatic rings. The summed E-state index contributed by atoms with van der Waals surface area (Å²) in [7, 11) is 0. The van der Waals surface area contributed by atoms with E-state index in [0.717, 1.165) is 6.20 Å². The predicted molar refractivity (Wildman–Crippen MR) is 102 cm³/mol. The fourth-order valence-electron chi connectivity index (χ4n) is 3.57. The summed E-state index contributed by atoms with van der Waals surface area (Å²) < 4.78 is 20.6. The monoisotopic (exact) mass is 441 g/mol. The van der Waals surface area contributed by atoms with Crippen LogP contribution in [0.15, 0.2) is 46.1 Å². The molecular weight excluding hydrogens is 417 g/mol. The highest BCUT2D eigenvalue weighted by Gasteiger charge is 2.79. The molecule has 6 N–H and O–H groups in total. The van der Waals surface area contributed by atoms with Crippen LogP contribution in [0, 0.1) is 0 Å². The lowest BCUT2D eigenvalue weighted by Gasteiger charge is -2.43. The molecule has 1 saturated heterocycles. The first-order chi connectivity index (χ1) is 14.5. The average Bonchev–Trinajstić information content (AvgIpc) is 2.91. The molecule has 0 bridgehead atoms. The number of aryl methyl sites for hydroxylation is 1. The highest BCUT2D eigenvalue weighted by Crippen LogP contribution is 2.50. The van der Waals surface area contributed by atoms with E-state index in [1.165, 1.54) is 0 Å². The number of rotatable bonds is 7. The first-order valence-electron chi connectivity index (χ1n) is 9.53. The van der Waals surface area contributed by atoms with Crippen LogP contribution in [0.25, 0.3) is 0 Å². The summed E-state index contributed by atoms with van der Waals surface area (Å²) in [5.41, 5.74) is -5.14. The maximum absolute atomic E-state index is 15.3. The standard InChI is InChI=1S/C19H24FN3O8/c1-2-13-10-22(16(26)21-15(13)25)19(29)18(28,17(20,27)14(11-24)31-19)23(30)9-8-12-6-4-3-5-7-12/h3-7,10,14,24,27-30H,2,8-9,11H2,1H3,(H,21,25,26)/t14-,17-,18-,19-/m1/s1. The van der Waals surface area contributed by atoms with Gasteiger partial charge >= 0.3 is 11.6 Å². The van der Waals surface area contributed by atoms with E-state index in [1.54, 1.807) is 37.3 Å². The van der Waals surface area contributed by atoms with Gasteiger partial charge < -0.3 is 30.4 Å². The van der Waals surface area contributed by atoms with Gasteiger partial charge in [0.25, 0.3) is 17.1 Å². The zero-order valence-corrected chi connectivity index (χ0v) is 16.6. The second-order valence-electron chi connectivity index (χ2n) is 7.24. The number of alkyl halides is 1. The lowest BCUT2D eigenvalue weighted by Crippen LogP contribution is -2.72. The fourth-order valence-corrected chi connectivity index (χ4v) is 3.57. The summed E-state index contributed by atoms with van der Waals surface area (Å²) in [6, 6.07) is 8.54. The Kier molecular flexibility index (Phi) is 6.17. The van der Waals surface area contributed by atoms with Gasteiger partial charge in [-0.25, -0.2) is 13.8 Å². The van der Waals surface area contributed by atoms with Gasteiger partial charge in [0.1, 0.15) is 6.10 Å². The number of aliphatic hydroxyl groups excluding tert-OH is 1. The number of aromatic nitrogens is 2. The van der Waals surface area contributed by atoms with Crippen LogP contribution in [0.2, 0.25) is 0 Å². The summed E-state index contributed by atoms with van der Waals surface area (Å²) in [6.45, 7) is -0.177. The Morgan fingerprint density at radius 2 is 1.87 bits per heavy atom. The minimum Gasteiger partial charge on any atom is -0.393 e. The van der Waals surface area contributed by atoms with Gasteiger partial charge in [-0.1, -0.05) is 37.3 Å². The van der Waals surface area contributed by atoms with Crippen molar-refractivity contribution in [2.75, 3.05) is 13.2 Å². The van der Waals surface area contributed by atoms with Crippen molar-refractivity contribution in [3.8, 4) is 0 Å². The van der Waals surface area contributed by atoms with E-state index in [-0.39, 0.29) is 28.0 Å². The van der Waals surface area contributed by atoms with E-state index in [4.69, 9.17) is 4.74 Å². The molecule has 0 radical (unpaired) electrons. The van der Waals surface area contributed by atoms with Crippen molar-refractivity contribution < 1.29 is 34.8 Å². The van der Waals surface area contributed by atoms with E-state index < -0.39 is 48.0 Å². The highest BCUT2D eigenvalue weighted by molar-refractivity contribution is 5.16. The third kappa shape index (κ3) is 3.51. The molecule has 1 aliphatic heterocycles. The Labute approximate surface area is 175 Å². The van der Waals surface area contributed by atoms with Crippen LogP contribution in [0.3, 0.4) is 0 Å². The Balaban J connectivity index is 2.11. The lowest BCUT2D eigenvalue weighted by molar-refractivity contribution is -0.433. The number of aliphatic hydroxyl groups is 4. The topological polar surface area (TPSA) is 168 Å². The summed E-state index contributed by atoms with van der Waals surface area (Å²) in [6.07, 6.45) is -1.31. The summed E-state index contributed by atoms with van der Waals surface area (Å²) >= 11 is 0. The number of benzene rings is 1. The number of halogens is 1. The Morgan fingerprint density at radius 3 is 2.45 bits per heavy atom. The zero-order chi connectivity index (χ0) is 23.0. The SMILES string of the molecule is CCc1cn([C@]2(O)O[C@H](CO)[C@](O)(F)[C@]2(O)N(O)CCc2ccccc2)c(=O)[nH]c1=O. The van der Waals surface area contributed by atoms with Gasteiger partial charge in [0.2, 0.25) is 0 Å². The largest absolute Gasteiger partial charge is 0.393 e. The number of hydroxylamine groups is 2. The van der Waals surface area contributed by atoms with Crippen molar-refractivity contribution in [3.05, 3.63) is 68.5 Å². The smallest absolute Gasteiger partial charge is 0.332 e. The van der Waals surface area contributed by atoms with Crippen molar-refractivity contribution in [2.45, 2.75) is 43.4 Å². The van der Waals surface area contributed by atoms with Crippen LogP contribution in [-0.4, -0.2) is 71.1 Å². The maximum Gasteiger partial charge on any atom is 0.332 e. The summed E-state index contributed by atoms with van der Waals surface area (Å²) in [5.74, 6) is -7.37. The molecule has 0 saturated carbocycles. The van der Waals surface area contributed by atoms with Crippen LogP contribution in [0.4, 0.5) is 4.39 Å². The van der Waals surface area contributed by atoms with Gasteiger partial charge in [0, 0.05) is 18.3 Å². The molecule has 170 valence electrons. The molecule has 12 heteroatoms. The van der Waals surface area contributed by atoms with Gasteiger partial charge in [-0.2, -0.15) is 0 Å². The number of ether oxygens (including phenoxy) is 1. The normalized spacial score (nSPS) is 30.8. The number of hydrogen-bond donors (Lipinski definition) is 6. The van der Waals surface area contributed by atoms with Crippen LogP contribution in [-0.2, 0) is 23.5 Å². The first-order valence-corrected chi connectivity index (χ1v) is 9.53. The van der Waals surface area contributed by atoms with E-state index in [0.29, 0.717) is 5.56 Å². The molecule has 0 amide bonds. The fraction of sp³-hybridized carbons (Fsp3) is 0.474. The number of hydrogen-bond acceptors (Lipinski definition) is 9. The van der Waals surface area contributed by atoms with Gasteiger partial charge in [0.05, 0.1) is 6.61 Å². The second-order valence-corrected chi connectivity index (χ2v) is 7.24. The van der Waals surface area contributed by atoms with Crippen LogP contribution >= 0.6 is 0 Å². The molecule has 0 unspecified atom stereocenters. The lowest BCUT2D eigenvalue weighted by atomic mass is 9.97. The van der Waals surface area contributed by atoms with Crippen molar-refractivity contribution in [3.63, 3.8) is 0 Å². The minimum absolute atomic E-state index is 0.0380. The molecule has 0 aliphatic carbocycles. The quantitative estimate of drug-likeness (QED) is 0.218. The minimum atomic E-state index is -3.94. The second kappa shape index (κ2) is 8.24. The number of aromatic amines is 1. The molecule has 0 spiro atoms. The molecule has 3 rings (SSSR count). The van der Waals surface area contributed by atoms with Crippen molar-refractivity contribution >= 4 is 0 Å². The van der Waals surface area contributed by atoms with Crippen LogP contribution < -0.4 is 11.2 Å². The van der Waals surface area contributed by atoms with E-state index in [9.17, 15) is 35.2 Å². The molecule has 1 aliphatic rings. The van der Waals surface area contributed by atoms with Crippen molar-refractivity contribution in [2.24, 2.45) is 0 Å². The van der Waals surface area contributed by atoms with Crippen molar-refractivity contribution in [1.29, 1.82) is 0 Å². The van der Waals surface area contributed by atoms with Gasteiger partial charge in [-0.15, -0.1) is 5.06 Å². The van der Waals surface area contributed by atoms with Crippen molar-refractivity contribution in [1.82, 2.24) is 14.6 Å². The third-order valence-electron chi connectivity index (χ3n) is 5.39. The summed E-state index contributed by atoms with van der Waals surface area (Å²) in [4.78, 5) is 26.1. The van der Waals surface area contributed by atoms with E-state index >= 15 is 4.39 Å². The third-order valence-corrected chi connectivity index (χ3v) is 5.39.